The fourth-order valence-corrected chi connectivity index (χ4v) is 2.89. The molecule has 0 fully saturated rings. The van der Waals surface area contributed by atoms with Gasteiger partial charge in [0.25, 0.3) is 5.91 Å². The van der Waals surface area contributed by atoms with E-state index in [4.69, 9.17) is 37.9 Å². The van der Waals surface area contributed by atoms with Gasteiger partial charge in [-0.3, -0.25) is 4.79 Å². The Morgan fingerprint density at radius 2 is 2.11 bits per heavy atom. The number of amides is 1. The van der Waals surface area contributed by atoms with E-state index in [9.17, 15) is 4.79 Å². The van der Waals surface area contributed by atoms with Crippen LogP contribution in [0.5, 0.6) is 11.5 Å². The number of halogens is 3. The Morgan fingerprint density at radius 3 is 2.78 bits per heavy atom. The van der Waals surface area contributed by atoms with Crippen LogP contribution in [0.1, 0.15) is 17.5 Å². The van der Waals surface area contributed by atoms with E-state index in [0.717, 1.165) is 5.56 Å². The van der Waals surface area contributed by atoms with Crippen molar-refractivity contribution in [1.29, 1.82) is 5.26 Å². The number of carbonyl (C=O) groups is 1. The molecular formula is C18H14BrCl2N3O3. The van der Waals surface area contributed by atoms with Crippen LogP contribution in [-0.2, 0) is 11.4 Å². The van der Waals surface area contributed by atoms with E-state index in [-0.39, 0.29) is 13.0 Å². The first-order valence-electron chi connectivity index (χ1n) is 7.57. The number of hydrazone groups is 1. The number of nitrogens with one attached hydrogen (secondary N) is 1. The largest absolute Gasteiger partial charge is 0.493 e. The molecule has 2 aromatic carbocycles. The molecule has 9 heteroatoms. The van der Waals surface area contributed by atoms with Crippen molar-refractivity contribution in [1.82, 2.24) is 5.43 Å². The lowest BCUT2D eigenvalue weighted by Crippen LogP contribution is -2.16. The Hall–Kier alpha value is -2.27. The lowest BCUT2D eigenvalue weighted by atomic mass is 10.2. The molecule has 0 atom stereocenters. The second-order valence-corrected chi connectivity index (χ2v) is 6.88. The van der Waals surface area contributed by atoms with Crippen molar-refractivity contribution in [2.75, 3.05) is 7.11 Å². The third-order valence-corrected chi connectivity index (χ3v) is 4.59. The summed E-state index contributed by atoms with van der Waals surface area (Å²) in [5, 5.41) is 13.3. The molecule has 27 heavy (non-hydrogen) atoms. The second kappa shape index (κ2) is 10.2. The van der Waals surface area contributed by atoms with Crippen LogP contribution in [0.25, 0.3) is 0 Å². The Balaban J connectivity index is 2.14. The fraction of sp³-hybridized carbons (Fsp3) is 0.167. The van der Waals surface area contributed by atoms with Gasteiger partial charge < -0.3 is 9.47 Å². The normalized spacial score (nSPS) is 10.5. The van der Waals surface area contributed by atoms with Crippen molar-refractivity contribution in [3.8, 4) is 17.6 Å². The molecule has 0 spiro atoms. The molecule has 0 saturated heterocycles. The first kappa shape index (κ1) is 21.0. The van der Waals surface area contributed by atoms with Crippen molar-refractivity contribution >= 4 is 51.3 Å². The van der Waals surface area contributed by atoms with Crippen LogP contribution in [0.2, 0.25) is 10.0 Å². The van der Waals surface area contributed by atoms with Crippen molar-refractivity contribution in [2.24, 2.45) is 5.10 Å². The Labute approximate surface area is 174 Å². The van der Waals surface area contributed by atoms with Gasteiger partial charge in [0.05, 0.1) is 19.4 Å². The minimum Gasteiger partial charge on any atom is -0.493 e. The number of rotatable bonds is 7. The van der Waals surface area contributed by atoms with Gasteiger partial charge >= 0.3 is 0 Å². The molecule has 0 radical (unpaired) electrons. The minimum absolute atomic E-state index is 0.233. The summed E-state index contributed by atoms with van der Waals surface area (Å²) in [6, 6.07) is 10.3. The molecule has 1 N–H and O–H groups in total. The SMILES string of the molecule is COc1cc(/C=N\NC(=O)CC#N)c(Br)cc1OCc1ccc(Cl)cc1Cl. The molecule has 0 unspecified atom stereocenters. The van der Waals surface area contributed by atoms with Gasteiger partial charge in [0.2, 0.25) is 0 Å². The zero-order chi connectivity index (χ0) is 19.8. The molecule has 140 valence electrons. The summed E-state index contributed by atoms with van der Waals surface area (Å²) in [6.07, 6.45) is 1.17. The highest BCUT2D eigenvalue weighted by Crippen LogP contribution is 2.34. The summed E-state index contributed by atoms with van der Waals surface area (Å²) >= 11 is 15.5. The van der Waals surface area contributed by atoms with E-state index in [0.29, 0.717) is 31.6 Å². The quantitative estimate of drug-likeness (QED) is 0.469. The highest BCUT2D eigenvalue weighted by atomic mass is 79.9. The van der Waals surface area contributed by atoms with Gasteiger partial charge in [-0.05, 0) is 40.2 Å². The van der Waals surface area contributed by atoms with Gasteiger partial charge in [0, 0.05) is 25.6 Å². The molecule has 2 rings (SSSR count). The average molecular weight is 471 g/mol. The van der Waals surface area contributed by atoms with E-state index in [1.165, 1.54) is 13.3 Å². The molecule has 6 nitrogen and oxygen atoms in total. The predicted molar refractivity (Wildman–Crippen MR) is 107 cm³/mol. The third-order valence-electron chi connectivity index (χ3n) is 3.31. The maximum Gasteiger partial charge on any atom is 0.254 e. The lowest BCUT2D eigenvalue weighted by Gasteiger charge is -2.13. The summed E-state index contributed by atoms with van der Waals surface area (Å²) in [5.74, 6) is 0.491. The van der Waals surface area contributed by atoms with Crippen LogP contribution in [0.15, 0.2) is 39.9 Å². The van der Waals surface area contributed by atoms with Crippen LogP contribution >= 0.6 is 39.1 Å². The summed E-state index contributed by atoms with van der Waals surface area (Å²) in [6.45, 7) is 0.233. The number of nitrogens with zero attached hydrogens (tertiary/aromatic N) is 2. The topological polar surface area (TPSA) is 83.7 Å². The van der Waals surface area contributed by atoms with Gasteiger partial charge in [-0.2, -0.15) is 10.4 Å². The number of ether oxygens (including phenoxy) is 2. The maximum atomic E-state index is 11.2. The molecule has 1 amide bonds. The first-order chi connectivity index (χ1) is 12.9. The molecular weight excluding hydrogens is 457 g/mol. The van der Waals surface area contributed by atoms with Gasteiger partial charge in [-0.25, -0.2) is 5.43 Å². The third kappa shape index (κ3) is 6.14. The van der Waals surface area contributed by atoms with E-state index in [2.05, 4.69) is 26.5 Å². The molecule has 0 aliphatic rings. The maximum absolute atomic E-state index is 11.2. The zero-order valence-electron chi connectivity index (χ0n) is 14.1. The van der Waals surface area contributed by atoms with Crippen molar-refractivity contribution in [3.05, 3.63) is 56.0 Å². The number of methoxy groups -OCH3 is 1. The van der Waals surface area contributed by atoms with Crippen molar-refractivity contribution in [2.45, 2.75) is 13.0 Å². The Kier molecular flexibility index (Phi) is 7.92. The fourth-order valence-electron chi connectivity index (χ4n) is 2.00. The van der Waals surface area contributed by atoms with E-state index < -0.39 is 5.91 Å². The highest BCUT2D eigenvalue weighted by Gasteiger charge is 2.11. The number of hydrogen-bond acceptors (Lipinski definition) is 5. The van der Waals surface area contributed by atoms with E-state index in [1.807, 2.05) is 0 Å². The Morgan fingerprint density at radius 1 is 1.33 bits per heavy atom. The number of hydrogen-bond donors (Lipinski definition) is 1. The van der Waals surface area contributed by atoms with Gasteiger partial charge in [-0.15, -0.1) is 0 Å². The summed E-state index contributed by atoms with van der Waals surface area (Å²) in [7, 11) is 1.51. The highest BCUT2D eigenvalue weighted by molar-refractivity contribution is 9.10. The van der Waals surface area contributed by atoms with Gasteiger partial charge in [0.1, 0.15) is 13.0 Å². The predicted octanol–water partition coefficient (Wildman–Crippen LogP) is 4.71. The minimum atomic E-state index is -0.489. The smallest absolute Gasteiger partial charge is 0.254 e. The van der Waals surface area contributed by atoms with E-state index >= 15 is 0 Å². The molecule has 0 bridgehead atoms. The number of nitriles is 1. The Bertz CT molecular complexity index is 913. The second-order valence-electron chi connectivity index (χ2n) is 5.18. The number of benzene rings is 2. The van der Waals surface area contributed by atoms with Gasteiger partial charge in [0.15, 0.2) is 11.5 Å². The monoisotopic (exact) mass is 469 g/mol. The van der Waals surface area contributed by atoms with Crippen LogP contribution in [0, 0.1) is 11.3 Å². The van der Waals surface area contributed by atoms with Crippen LogP contribution in [-0.4, -0.2) is 19.2 Å². The molecule has 0 aliphatic carbocycles. The zero-order valence-corrected chi connectivity index (χ0v) is 17.2. The summed E-state index contributed by atoms with van der Waals surface area (Å²) in [4.78, 5) is 11.2. The lowest BCUT2D eigenvalue weighted by molar-refractivity contribution is -0.120. The van der Waals surface area contributed by atoms with E-state index in [1.54, 1.807) is 36.4 Å². The van der Waals surface area contributed by atoms with Crippen molar-refractivity contribution in [3.63, 3.8) is 0 Å². The molecule has 0 heterocycles. The molecule has 2 aromatic rings. The molecule has 0 saturated carbocycles. The first-order valence-corrected chi connectivity index (χ1v) is 9.12. The van der Waals surface area contributed by atoms with Crippen molar-refractivity contribution < 1.29 is 14.3 Å². The van der Waals surface area contributed by atoms with Crippen LogP contribution in [0.4, 0.5) is 0 Å². The average Bonchev–Trinajstić information content (AvgIpc) is 2.62. The van der Waals surface area contributed by atoms with Gasteiger partial charge in [-0.1, -0.05) is 29.3 Å². The summed E-state index contributed by atoms with van der Waals surface area (Å²) < 4.78 is 11.8. The molecule has 0 aliphatic heterocycles. The summed E-state index contributed by atoms with van der Waals surface area (Å²) in [5.41, 5.74) is 3.69. The standard InChI is InChI=1S/C18H14BrCl2N3O3/c1-26-16-6-12(9-23-24-18(25)4-5-22)14(19)8-17(16)27-10-11-2-3-13(20)7-15(11)21/h2-3,6-9H,4,10H2,1H3,(H,24,25)/b23-9-. The van der Waals surface area contributed by atoms with Crippen LogP contribution in [0.3, 0.4) is 0 Å². The number of carbonyl (C=O) groups excluding carboxylic acids is 1. The van der Waals surface area contributed by atoms with Crippen LogP contribution < -0.4 is 14.9 Å². The molecule has 0 aromatic heterocycles.